The van der Waals surface area contributed by atoms with Gasteiger partial charge in [-0.15, -0.1) is 0 Å². The lowest BCUT2D eigenvalue weighted by Crippen LogP contribution is -2.43. The van der Waals surface area contributed by atoms with Gasteiger partial charge in [-0.05, 0) is 61.1 Å². The quantitative estimate of drug-likeness (QED) is 0.529. The molecule has 1 amide bonds. The third-order valence-electron chi connectivity index (χ3n) is 6.02. The van der Waals surface area contributed by atoms with Crippen LogP contribution in [0.5, 0.6) is 11.5 Å². The van der Waals surface area contributed by atoms with Gasteiger partial charge in [-0.3, -0.25) is 4.79 Å². The maximum atomic E-state index is 13.5. The van der Waals surface area contributed by atoms with Gasteiger partial charge in [-0.2, -0.15) is 4.31 Å². The Morgan fingerprint density at radius 2 is 1.79 bits per heavy atom. The molecule has 1 heterocycles. The first-order chi connectivity index (χ1) is 15.7. The molecular weight excluding hydrogens is 508 g/mol. The molecular formula is C24H31BrN2O5S. The Bertz CT molecular complexity index is 1090. The van der Waals surface area contributed by atoms with Crippen molar-refractivity contribution in [3.63, 3.8) is 0 Å². The third-order valence-corrected chi connectivity index (χ3v) is 8.36. The summed E-state index contributed by atoms with van der Waals surface area (Å²) >= 11 is 3.54. The van der Waals surface area contributed by atoms with Gasteiger partial charge in [0.25, 0.3) is 0 Å². The molecule has 2 aromatic rings. The van der Waals surface area contributed by atoms with E-state index < -0.39 is 15.9 Å². The van der Waals surface area contributed by atoms with Crippen LogP contribution in [0.3, 0.4) is 0 Å². The summed E-state index contributed by atoms with van der Waals surface area (Å²) in [4.78, 5) is 13.3. The Morgan fingerprint density at radius 1 is 1.12 bits per heavy atom. The first kappa shape index (κ1) is 25.5. The van der Waals surface area contributed by atoms with Crippen LogP contribution in [-0.4, -0.2) is 45.9 Å². The predicted molar refractivity (Wildman–Crippen MR) is 133 cm³/mol. The summed E-state index contributed by atoms with van der Waals surface area (Å²) < 4.78 is 39.8. The molecule has 1 saturated heterocycles. The zero-order valence-electron chi connectivity index (χ0n) is 19.5. The molecule has 1 atom stereocenters. The number of piperidine rings is 1. The highest BCUT2D eigenvalue weighted by Gasteiger charge is 2.35. The molecule has 0 spiro atoms. The molecule has 9 heteroatoms. The number of benzene rings is 2. The fraction of sp³-hybridized carbons (Fsp3) is 0.458. The summed E-state index contributed by atoms with van der Waals surface area (Å²) in [5, 5.41) is 3.10. The number of halogens is 1. The number of nitrogens with zero attached hydrogens (tertiary/aromatic N) is 1. The van der Waals surface area contributed by atoms with Gasteiger partial charge in [0, 0.05) is 29.3 Å². The van der Waals surface area contributed by atoms with E-state index in [0.29, 0.717) is 25.1 Å². The van der Waals surface area contributed by atoms with Crippen LogP contribution in [0.2, 0.25) is 0 Å². The molecule has 1 aliphatic heterocycles. The molecule has 0 radical (unpaired) electrons. The average molecular weight is 539 g/mol. The van der Waals surface area contributed by atoms with Crippen molar-refractivity contribution in [3.8, 4) is 11.5 Å². The maximum Gasteiger partial charge on any atom is 0.246 e. The second kappa shape index (κ2) is 10.9. The minimum absolute atomic E-state index is 0.0415. The van der Waals surface area contributed by atoms with E-state index in [2.05, 4.69) is 21.2 Å². The van der Waals surface area contributed by atoms with Crippen molar-refractivity contribution in [3.05, 3.63) is 45.9 Å². The molecule has 1 fully saturated rings. The number of methoxy groups -OCH3 is 2. The number of nitrogens with one attached hydrogen (secondary N) is 1. The van der Waals surface area contributed by atoms with Crippen molar-refractivity contribution in [2.24, 2.45) is 5.92 Å². The van der Waals surface area contributed by atoms with Gasteiger partial charge in [0.15, 0.2) is 0 Å². The van der Waals surface area contributed by atoms with Crippen LogP contribution in [0.15, 0.2) is 39.7 Å². The van der Waals surface area contributed by atoms with Crippen molar-refractivity contribution in [1.29, 1.82) is 0 Å². The van der Waals surface area contributed by atoms with E-state index >= 15 is 0 Å². The van der Waals surface area contributed by atoms with Crippen LogP contribution < -0.4 is 14.8 Å². The molecule has 33 heavy (non-hydrogen) atoms. The minimum Gasteiger partial charge on any atom is -0.497 e. The molecule has 1 unspecified atom stereocenters. The average Bonchev–Trinajstić information content (AvgIpc) is 2.84. The smallest absolute Gasteiger partial charge is 0.246 e. The summed E-state index contributed by atoms with van der Waals surface area (Å²) in [5.41, 5.74) is 2.94. The zero-order valence-corrected chi connectivity index (χ0v) is 21.9. The van der Waals surface area contributed by atoms with Gasteiger partial charge in [-0.25, -0.2) is 8.42 Å². The molecule has 0 saturated carbocycles. The molecule has 0 aromatic heterocycles. The van der Waals surface area contributed by atoms with Gasteiger partial charge in [0.2, 0.25) is 15.9 Å². The summed E-state index contributed by atoms with van der Waals surface area (Å²) in [6, 6.07) is 8.72. The van der Waals surface area contributed by atoms with Gasteiger partial charge < -0.3 is 14.8 Å². The second-order valence-electron chi connectivity index (χ2n) is 8.01. The van der Waals surface area contributed by atoms with Crippen LogP contribution in [0, 0.1) is 5.92 Å². The van der Waals surface area contributed by atoms with E-state index in [4.69, 9.17) is 9.47 Å². The lowest BCUT2D eigenvalue weighted by molar-refractivity contribution is -0.120. The Balaban J connectivity index is 1.85. The normalized spacial score (nSPS) is 16.9. The maximum absolute atomic E-state index is 13.5. The number of amides is 1. The van der Waals surface area contributed by atoms with Gasteiger partial charge in [0.05, 0.1) is 20.1 Å². The number of rotatable bonds is 8. The number of ether oxygens (including phenoxy) is 2. The number of aryl methyl sites for hydroxylation is 2. The first-order valence-corrected chi connectivity index (χ1v) is 13.3. The fourth-order valence-electron chi connectivity index (χ4n) is 4.17. The van der Waals surface area contributed by atoms with E-state index in [1.54, 1.807) is 12.1 Å². The minimum atomic E-state index is -3.87. The number of carbonyl (C=O) groups is 1. The van der Waals surface area contributed by atoms with Crippen molar-refractivity contribution in [1.82, 2.24) is 4.31 Å². The van der Waals surface area contributed by atoms with E-state index in [9.17, 15) is 13.2 Å². The summed E-state index contributed by atoms with van der Waals surface area (Å²) in [7, 11) is -0.950. The first-order valence-electron chi connectivity index (χ1n) is 11.1. The van der Waals surface area contributed by atoms with Crippen LogP contribution in [0.4, 0.5) is 5.69 Å². The van der Waals surface area contributed by atoms with E-state index in [1.807, 2.05) is 26.0 Å². The van der Waals surface area contributed by atoms with Gasteiger partial charge >= 0.3 is 0 Å². The number of sulfonamides is 1. The highest BCUT2D eigenvalue weighted by atomic mass is 79.9. The van der Waals surface area contributed by atoms with Crippen LogP contribution >= 0.6 is 15.9 Å². The van der Waals surface area contributed by atoms with Crippen LogP contribution in [0.25, 0.3) is 0 Å². The van der Waals surface area contributed by atoms with E-state index in [1.165, 1.54) is 24.6 Å². The van der Waals surface area contributed by atoms with Gasteiger partial charge in [-0.1, -0.05) is 29.8 Å². The number of anilines is 1. The molecule has 2 aromatic carbocycles. The van der Waals surface area contributed by atoms with Crippen LogP contribution in [0.1, 0.15) is 37.8 Å². The summed E-state index contributed by atoms with van der Waals surface area (Å²) in [5.74, 6) is 0.0786. The molecule has 1 N–H and O–H groups in total. The highest BCUT2D eigenvalue weighted by Crippen LogP contribution is 2.33. The number of hydrogen-bond donors (Lipinski definition) is 1. The molecule has 0 aliphatic carbocycles. The lowest BCUT2D eigenvalue weighted by Gasteiger charge is -2.32. The number of carbonyl (C=O) groups excluding carboxylic acids is 1. The Morgan fingerprint density at radius 3 is 2.36 bits per heavy atom. The molecule has 180 valence electrons. The summed E-state index contributed by atoms with van der Waals surface area (Å²) in [6.45, 7) is 4.57. The zero-order chi connectivity index (χ0) is 24.2. The molecule has 0 bridgehead atoms. The van der Waals surface area contributed by atoms with Crippen LogP contribution in [-0.2, 0) is 27.7 Å². The lowest BCUT2D eigenvalue weighted by atomic mass is 9.97. The molecule has 3 rings (SSSR count). The van der Waals surface area contributed by atoms with E-state index in [-0.39, 0.29) is 23.1 Å². The SMILES string of the molecule is CCc1cc(Br)cc(CC)c1NC(=O)C1CCCN(S(=O)(=O)c2cc(OC)ccc2OC)C1. The monoisotopic (exact) mass is 538 g/mol. The van der Waals surface area contributed by atoms with Crippen molar-refractivity contribution in [2.75, 3.05) is 32.6 Å². The largest absolute Gasteiger partial charge is 0.497 e. The highest BCUT2D eigenvalue weighted by molar-refractivity contribution is 9.10. The van der Waals surface area contributed by atoms with E-state index in [0.717, 1.165) is 34.1 Å². The molecule has 7 nitrogen and oxygen atoms in total. The van der Waals surface area contributed by atoms with Crippen molar-refractivity contribution in [2.45, 2.75) is 44.4 Å². The number of hydrogen-bond acceptors (Lipinski definition) is 5. The van der Waals surface area contributed by atoms with Crippen molar-refractivity contribution < 1.29 is 22.7 Å². The third kappa shape index (κ3) is 5.53. The topological polar surface area (TPSA) is 84.9 Å². The predicted octanol–water partition coefficient (Wildman–Crippen LogP) is 4.63. The Labute approximate surface area is 204 Å². The summed E-state index contributed by atoms with van der Waals surface area (Å²) in [6.07, 6.45) is 2.80. The van der Waals surface area contributed by atoms with Crippen molar-refractivity contribution >= 4 is 37.5 Å². The Kier molecular flexibility index (Phi) is 8.42. The van der Waals surface area contributed by atoms with Gasteiger partial charge in [0.1, 0.15) is 16.4 Å². The standard InChI is InChI=1S/C24H31BrN2O5S/c1-5-16-12-19(25)13-17(6-2)23(16)26-24(28)18-8-7-11-27(15-18)33(29,30)22-14-20(31-3)9-10-21(22)32-4/h9-10,12-14,18H,5-8,11,15H2,1-4H3,(H,26,28). The Hall–Kier alpha value is -2.10. The molecule has 1 aliphatic rings. The fourth-order valence-corrected chi connectivity index (χ4v) is 6.42. The second-order valence-corrected chi connectivity index (χ2v) is 10.8.